The van der Waals surface area contributed by atoms with Crippen LogP contribution in [0.2, 0.25) is 0 Å². The molecular formula is C20H29N8O3+. The number of likely N-dealkylation sites (N-methyl/N-ethyl adjacent to an activating group) is 1. The van der Waals surface area contributed by atoms with Crippen molar-refractivity contribution in [2.24, 2.45) is 21.7 Å². The highest BCUT2D eigenvalue weighted by atomic mass is 16.5. The number of carbonyl (C=O) groups excluding carboxylic acids is 2. The Labute approximate surface area is 180 Å². The second kappa shape index (κ2) is 9.65. The van der Waals surface area contributed by atoms with E-state index in [1.165, 1.54) is 0 Å². The van der Waals surface area contributed by atoms with Crippen molar-refractivity contribution in [2.75, 3.05) is 25.6 Å². The summed E-state index contributed by atoms with van der Waals surface area (Å²) in [6, 6.07) is 5.91. The lowest BCUT2D eigenvalue weighted by Crippen LogP contribution is -2.37. The fourth-order valence-electron chi connectivity index (χ4n) is 3.66. The number of rotatable bonds is 9. The summed E-state index contributed by atoms with van der Waals surface area (Å²) in [6.45, 7) is 3.21. The molecule has 0 radical (unpaired) electrons. The molecule has 0 aliphatic carbocycles. The van der Waals surface area contributed by atoms with Gasteiger partial charge in [0.2, 0.25) is 17.6 Å². The molecule has 1 atom stereocenters. The van der Waals surface area contributed by atoms with Crippen molar-refractivity contribution in [3.05, 3.63) is 29.6 Å². The molecule has 0 saturated heterocycles. The summed E-state index contributed by atoms with van der Waals surface area (Å²) < 4.78 is 8.85. The Morgan fingerprint density at radius 2 is 2.00 bits per heavy atom. The first-order chi connectivity index (χ1) is 14.8. The van der Waals surface area contributed by atoms with Crippen LogP contribution in [0.1, 0.15) is 24.2 Å². The maximum atomic E-state index is 11.3. The minimum absolute atomic E-state index is 0.114. The maximum Gasteiger partial charge on any atom is 0.403 e. The summed E-state index contributed by atoms with van der Waals surface area (Å²) in [5, 5.41) is 13.2. The van der Waals surface area contributed by atoms with Gasteiger partial charge in [0, 0.05) is 44.8 Å². The van der Waals surface area contributed by atoms with Crippen LogP contribution in [0.25, 0.3) is 0 Å². The first-order valence-corrected chi connectivity index (χ1v) is 10.1. The van der Waals surface area contributed by atoms with Gasteiger partial charge in [0.25, 0.3) is 0 Å². The molecule has 0 spiro atoms. The molecule has 11 heteroatoms. The molecule has 11 nitrogen and oxygen atoms in total. The summed E-state index contributed by atoms with van der Waals surface area (Å²) in [6.07, 6.45) is 1.18. The van der Waals surface area contributed by atoms with Crippen molar-refractivity contribution in [3.8, 4) is 0 Å². The number of fused-ring (bicyclic) bond motifs is 1. The van der Waals surface area contributed by atoms with E-state index in [-0.39, 0.29) is 25.5 Å². The lowest BCUT2D eigenvalue weighted by atomic mass is 9.99. The van der Waals surface area contributed by atoms with Gasteiger partial charge in [0.15, 0.2) is 0 Å². The number of amides is 2. The summed E-state index contributed by atoms with van der Waals surface area (Å²) in [5.74, 6) is 0.191. The number of nitrogens with zero attached hydrogens (tertiary/aromatic N) is 6. The Morgan fingerprint density at radius 1 is 1.26 bits per heavy atom. The van der Waals surface area contributed by atoms with Gasteiger partial charge in [0.1, 0.15) is 6.54 Å². The molecule has 31 heavy (non-hydrogen) atoms. The van der Waals surface area contributed by atoms with E-state index in [1.54, 1.807) is 23.3 Å². The zero-order valence-electron chi connectivity index (χ0n) is 18.1. The average Bonchev–Trinajstić information content (AvgIpc) is 3.02. The molecule has 1 aliphatic heterocycles. The fourth-order valence-corrected chi connectivity index (χ4v) is 3.66. The quantitative estimate of drug-likeness (QED) is 0.444. The molecule has 1 aliphatic rings. The molecule has 166 valence electrons. The van der Waals surface area contributed by atoms with E-state index < -0.39 is 11.8 Å². The second-order valence-corrected chi connectivity index (χ2v) is 7.61. The second-order valence-electron chi connectivity index (χ2n) is 7.61. The number of primary amides is 2. The molecule has 0 saturated carbocycles. The standard InChI is InChI=1S/C20H28N8O3/c1-13-25-28(9-7-19(22)30)20(27(13)8-6-18(21)29)24-23-15-4-5-17-14(10-15)11-16(31-3)12-26(17)2/h4-5,10,16H,6-9,11-12H2,1-3H3,(H3-,21,22,29,30)/p+1. The van der Waals surface area contributed by atoms with E-state index in [0.29, 0.717) is 24.0 Å². The highest BCUT2D eigenvalue weighted by Crippen LogP contribution is 2.31. The average molecular weight is 430 g/mol. The van der Waals surface area contributed by atoms with Gasteiger partial charge in [-0.25, -0.2) is 4.57 Å². The van der Waals surface area contributed by atoms with Gasteiger partial charge in [-0.2, -0.15) is 0 Å². The van der Waals surface area contributed by atoms with E-state index >= 15 is 0 Å². The number of azo groups is 1. The Hall–Kier alpha value is -3.34. The number of nitrogens with two attached hydrogens (primary N) is 2. The molecule has 1 unspecified atom stereocenters. The first kappa shape index (κ1) is 22.3. The monoisotopic (exact) mass is 429 g/mol. The molecule has 0 bridgehead atoms. The number of methoxy groups -OCH3 is 1. The molecule has 3 rings (SSSR count). The highest BCUT2D eigenvalue weighted by molar-refractivity contribution is 5.73. The van der Waals surface area contributed by atoms with Crippen molar-refractivity contribution in [3.63, 3.8) is 0 Å². The number of anilines is 1. The lowest BCUT2D eigenvalue weighted by Gasteiger charge is -2.32. The van der Waals surface area contributed by atoms with Crippen molar-refractivity contribution in [1.29, 1.82) is 0 Å². The maximum absolute atomic E-state index is 11.3. The third kappa shape index (κ3) is 5.43. The van der Waals surface area contributed by atoms with Crippen LogP contribution in [0.5, 0.6) is 0 Å². The Morgan fingerprint density at radius 3 is 2.68 bits per heavy atom. The van der Waals surface area contributed by atoms with Crippen LogP contribution in [0.3, 0.4) is 0 Å². The molecular weight excluding hydrogens is 400 g/mol. The van der Waals surface area contributed by atoms with E-state index in [4.69, 9.17) is 16.2 Å². The van der Waals surface area contributed by atoms with E-state index in [2.05, 4.69) is 20.2 Å². The van der Waals surface area contributed by atoms with Crippen LogP contribution in [-0.2, 0) is 33.8 Å². The zero-order valence-corrected chi connectivity index (χ0v) is 18.1. The molecule has 2 amide bonds. The summed E-state index contributed by atoms with van der Waals surface area (Å²) in [5.41, 5.74) is 13.5. The number of hydrogen-bond donors (Lipinski definition) is 2. The zero-order chi connectivity index (χ0) is 22.5. The van der Waals surface area contributed by atoms with Crippen LogP contribution in [0.15, 0.2) is 28.4 Å². The minimum atomic E-state index is -0.439. The summed E-state index contributed by atoms with van der Waals surface area (Å²) >= 11 is 0. The smallest absolute Gasteiger partial charge is 0.379 e. The van der Waals surface area contributed by atoms with E-state index in [1.807, 2.05) is 25.2 Å². The largest absolute Gasteiger partial charge is 0.403 e. The molecule has 4 N–H and O–H groups in total. The normalized spacial score (nSPS) is 16.0. The fraction of sp³-hybridized carbons (Fsp3) is 0.500. The van der Waals surface area contributed by atoms with E-state index in [9.17, 15) is 9.59 Å². The van der Waals surface area contributed by atoms with Crippen molar-refractivity contribution >= 4 is 29.1 Å². The molecule has 2 aromatic rings. The number of carbonyl (C=O) groups is 2. The molecule has 1 aromatic carbocycles. The molecule has 2 heterocycles. The SMILES string of the molecule is COC1Cc2cc(N=Nc3n(CCC(N)=O)nc(C)[n+]3CCC(N)=O)ccc2N(C)C1. The third-order valence-electron chi connectivity index (χ3n) is 5.27. The molecule has 0 fully saturated rings. The van der Waals surface area contributed by atoms with Crippen LogP contribution in [0.4, 0.5) is 17.3 Å². The lowest BCUT2D eigenvalue weighted by molar-refractivity contribution is -0.689. The number of benzene rings is 1. The minimum Gasteiger partial charge on any atom is -0.379 e. The number of aromatic nitrogens is 3. The predicted molar refractivity (Wildman–Crippen MR) is 113 cm³/mol. The topological polar surface area (TPSA) is 145 Å². The van der Waals surface area contributed by atoms with Crippen LogP contribution in [0, 0.1) is 6.92 Å². The first-order valence-electron chi connectivity index (χ1n) is 10.1. The van der Waals surface area contributed by atoms with Crippen LogP contribution in [-0.4, -0.2) is 48.4 Å². The van der Waals surface area contributed by atoms with Crippen LogP contribution >= 0.6 is 0 Å². The van der Waals surface area contributed by atoms with Crippen molar-refractivity contribution < 1.29 is 18.9 Å². The van der Waals surface area contributed by atoms with Crippen molar-refractivity contribution in [1.82, 2.24) is 9.78 Å². The van der Waals surface area contributed by atoms with E-state index in [0.717, 1.165) is 24.2 Å². The summed E-state index contributed by atoms with van der Waals surface area (Å²) in [7, 11) is 3.75. The number of aryl methyl sites for hydroxylation is 2. The van der Waals surface area contributed by atoms with Gasteiger partial charge >= 0.3 is 5.95 Å². The van der Waals surface area contributed by atoms with Gasteiger partial charge in [-0.3, -0.25) is 9.59 Å². The summed E-state index contributed by atoms with van der Waals surface area (Å²) in [4.78, 5) is 24.7. The van der Waals surface area contributed by atoms with Gasteiger partial charge in [-0.1, -0.05) is 5.11 Å². The van der Waals surface area contributed by atoms with Gasteiger partial charge < -0.3 is 21.1 Å². The third-order valence-corrected chi connectivity index (χ3v) is 5.27. The molecule has 1 aromatic heterocycles. The van der Waals surface area contributed by atoms with Crippen molar-refractivity contribution in [2.45, 2.75) is 45.4 Å². The Kier molecular flexibility index (Phi) is 6.95. The van der Waals surface area contributed by atoms with Gasteiger partial charge in [0.05, 0.1) is 31.2 Å². The number of hydrogen-bond acceptors (Lipinski definition) is 7. The van der Waals surface area contributed by atoms with Gasteiger partial charge in [-0.05, 0) is 28.9 Å². The predicted octanol–water partition coefficient (Wildman–Crippen LogP) is 0.653. The Bertz CT molecular complexity index is 1000. The number of ether oxygens (including phenoxy) is 1. The highest BCUT2D eigenvalue weighted by Gasteiger charge is 2.25. The van der Waals surface area contributed by atoms with Crippen LogP contribution < -0.4 is 20.9 Å². The van der Waals surface area contributed by atoms with Gasteiger partial charge in [-0.15, -0.1) is 4.68 Å². The Balaban J connectivity index is 1.91.